The largest absolute Gasteiger partial charge is 0.357 e. The summed E-state index contributed by atoms with van der Waals surface area (Å²) in [5, 5.41) is 3.66. The molecular weight excluding hydrogens is 210 g/mol. The maximum Gasteiger partial charge on any atom is 0.149 e. The first-order valence-electron chi connectivity index (χ1n) is 6.44. The van der Waals surface area contributed by atoms with Crippen molar-refractivity contribution in [1.82, 2.24) is 0 Å². The molecule has 2 atom stereocenters. The van der Waals surface area contributed by atoms with Crippen LogP contribution >= 0.6 is 0 Å². The van der Waals surface area contributed by atoms with Crippen LogP contribution in [-0.2, 0) is 10.2 Å². The predicted molar refractivity (Wildman–Crippen MR) is 68.0 cm³/mol. The van der Waals surface area contributed by atoms with Gasteiger partial charge >= 0.3 is 0 Å². The lowest BCUT2D eigenvalue weighted by molar-refractivity contribution is -0.0186. The minimum absolute atomic E-state index is 0.141. The quantitative estimate of drug-likeness (QED) is 0.687. The monoisotopic (exact) mass is 227 g/mol. The summed E-state index contributed by atoms with van der Waals surface area (Å²) in [6.45, 7) is 5.09. The van der Waals surface area contributed by atoms with Crippen molar-refractivity contribution in [3.8, 4) is 0 Å². The molecule has 0 unspecified atom stereocenters. The molecule has 0 spiro atoms. The van der Waals surface area contributed by atoms with Gasteiger partial charge in [0.2, 0.25) is 0 Å². The maximum atomic E-state index is 6.14. The van der Waals surface area contributed by atoms with Gasteiger partial charge in [-0.25, -0.2) is 0 Å². The minimum Gasteiger partial charge on any atom is -0.357 e. The van der Waals surface area contributed by atoms with Gasteiger partial charge in [-0.2, -0.15) is 0 Å². The smallest absolute Gasteiger partial charge is 0.149 e. The van der Waals surface area contributed by atoms with Gasteiger partial charge in [0, 0.05) is 5.69 Å². The van der Waals surface area contributed by atoms with Gasteiger partial charge in [-0.15, -0.1) is 0 Å². The lowest BCUT2D eigenvalue weighted by atomic mass is 9.64. The van der Waals surface area contributed by atoms with E-state index in [0.717, 1.165) is 32.3 Å². The molecule has 1 saturated carbocycles. The summed E-state index contributed by atoms with van der Waals surface area (Å²) in [7, 11) is 0. The van der Waals surface area contributed by atoms with Gasteiger partial charge in [0.25, 0.3) is 0 Å². The third kappa shape index (κ3) is 1.00. The summed E-state index contributed by atoms with van der Waals surface area (Å²) in [6, 6.07) is 8.67. The highest BCUT2D eigenvalue weighted by atomic mass is 16.5. The molecule has 17 heavy (non-hydrogen) atoms. The van der Waals surface area contributed by atoms with E-state index in [1.54, 1.807) is 0 Å². The average molecular weight is 227 g/mol. The first kappa shape index (κ1) is 9.72. The van der Waals surface area contributed by atoms with Gasteiger partial charge in [0.1, 0.15) is 5.72 Å². The van der Waals surface area contributed by atoms with E-state index in [1.807, 2.05) is 0 Å². The molecule has 1 N–H and O–H groups in total. The standard InChI is InChI=1S/C15H17NO/c1-11-6-7-15-14(10-11,8-9-17-15)12-4-2-3-5-13(12)16-15/h2-5,16H,1,6-10H2/t14-,15+/m0/s1. The number of fused-ring (bicyclic) bond motifs is 1. The first-order chi connectivity index (χ1) is 8.26. The molecule has 2 aliphatic heterocycles. The summed E-state index contributed by atoms with van der Waals surface area (Å²) in [5.74, 6) is 0. The molecule has 1 aromatic carbocycles. The highest BCUT2D eigenvalue weighted by Crippen LogP contribution is 2.61. The van der Waals surface area contributed by atoms with Gasteiger partial charge in [-0.1, -0.05) is 30.4 Å². The van der Waals surface area contributed by atoms with E-state index in [-0.39, 0.29) is 11.1 Å². The lowest BCUT2D eigenvalue weighted by Crippen LogP contribution is -2.52. The minimum atomic E-state index is -0.141. The molecule has 2 nitrogen and oxygen atoms in total. The Kier molecular flexibility index (Phi) is 1.68. The van der Waals surface area contributed by atoms with Crippen molar-refractivity contribution in [3.63, 3.8) is 0 Å². The molecule has 0 amide bonds. The van der Waals surface area contributed by atoms with E-state index in [4.69, 9.17) is 4.74 Å². The number of anilines is 1. The maximum absolute atomic E-state index is 6.14. The fourth-order valence-corrected chi connectivity index (χ4v) is 4.04. The predicted octanol–water partition coefficient (Wildman–Crippen LogP) is 3.21. The molecule has 3 aliphatic rings. The van der Waals surface area contributed by atoms with Crippen molar-refractivity contribution in [2.45, 2.75) is 36.8 Å². The van der Waals surface area contributed by atoms with Crippen molar-refractivity contribution in [2.75, 3.05) is 11.9 Å². The Morgan fingerprint density at radius 2 is 2.12 bits per heavy atom. The normalized spacial score (nSPS) is 38.2. The second-order valence-electron chi connectivity index (χ2n) is 5.60. The number of ether oxygens (including phenoxy) is 1. The van der Waals surface area contributed by atoms with Gasteiger partial charge in [0.05, 0.1) is 12.0 Å². The fraction of sp³-hybridized carbons (Fsp3) is 0.467. The van der Waals surface area contributed by atoms with E-state index in [0.29, 0.717) is 0 Å². The summed E-state index contributed by atoms with van der Waals surface area (Å²) < 4.78 is 6.14. The van der Waals surface area contributed by atoms with Crippen molar-refractivity contribution >= 4 is 5.69 Å². The molecule has 2 heteroatoms. The van der Waals surface area contributed by atoms with Gasteiger partial charge in [-0.05, 0) is 37.3 Å². The van der Waals surface area contributed by atoms with Crippen LogP contribution in [0, 0.1) is 0 Å². The van der Waals surface area contributed by atoms with Crippen LogP contribution in [0.1, 0.15) is 31.2 Å². The van der Waals surface area contributed by atoms with E-state index >= 15 is 0 Å². The molecule has 0 bridgehead atoms. The van der Waals surface area contributed by atoms with Crippen LogP contribution in [0.5, 0.6) is 0 Å². The van der Waals surface area contributed by atoms with Crippen LogP contribution in [0.15, 0.2) is 36.4 Å². The Bertz CT molecular complexity index is 509. The topological polar surface area (TPSA) is 21.3 Å². The summed E-state index contributed by atoms with van der Waals surface area (Å²) in [4.78, 5) is 0. The third-order valence-corrected chi connectivity index (χ3v) is 4.81. The van der Waals surface area contributed by atoms with Gasteiger partial charge < -0.3 is 10.1 Å². The van der Waals surface area contributed by atoms with Crippen LogP contribution in [0.25, 0.3) is 0 Å². The SMILES string of the molecule is C=C1CC[C@]23Nc4ccccc4[C@]2(CCO3)C1. The van der Waals surface area contributed by atoms with Crippen LogP contribution in [-0.4, -0.2) is 12.3 Å². The number of para-hydroxylation sites is 1. The molecule has 2 heterocycles. The van der Waals surface area contributed by atoms with E-state index in [1.165, 1.54) is 16.8 Å². The van der Waals surface area contributed by atoms with Crippen molar-refractivity contribution in [1.29, 1.82) is 0 Å². The zero-order valence-electron chi connectivity index (χ0n) is 9.96. The Morgan fingerprint density at radius 3 is 3.06 bits per heavy atom. The Morgan fingerprint density at radius 1 is 1.24 bits per heavy atom. The van der Waals surface area contributed by atoms with Crippen molar-refractivity contribution < 1.29 is 4.74 Å². The summed E-state index contributed by atoms with van der Waals surface area (Å²) in [6.07, 6.45) is 4.34. The van der Waals surface area contributed by atoms with Crippen molar-refractivity contribution in [3.05, 3.63) is 42.0 Å². The number of hydrogen-bond donors (Lipinski definition) is 1. The molecular formula is C15H17NO. The highest BCUT2D eigenvalue weighted by Gasteiger charge is 2.63. The van der Waals surface area contributed by atoms with Crippen LogP contribution in [0.4, 0.5) is 5.69 Å². The van der Waals surface area contributed by atoms with Gasteiger partial charge in [0.15, 0.2) is 0 Å². The van der Waals surface area contributed by atoms with Crippen LogP contribution in [0.3, 0.4) is 0 Å². The third-order valence-electron chi connectivity index (χ3n) is 4.81. The molecule has 0 radical (unpaired) electrons. The van der Waals surface area contributed by atoms with Crippen LogP contribution < -0.4 is 5.32 Å². The average Bonchev–Trinajstić information content (AvgIpc) is 2.80. The lowest BCUT2D eigenvalue weighted by Gasteiger charge is -2.44. The Balaban J connectivity index is 1.95. The number of hydrogen-bond acceptors (Lipinski definition) is 2. The number of nitrogens with one attached hydrogen (secondary N) is 1. The molecule has 88 valence electrons. The zero-order chi connectivity index (χ0) is 11.5. The number of rotatable bonds is 0. The van der Waals surface area contributed by atoms with E-state index in [2.05, 4.69) is 36.2 Å². The second-order valence-corrected chi connectivity index (χ2v) is 5.60. The summed E-state index contributed by atoms with van der Waals surface area (Å²) in [5.41, 5.74) is 4.10. The number of allylic oxidation sites excluding steroid dienone is 1. The Hall–Kier alpha value is -1.28. The molecule has 1 aliphatic carbocycles. The van der Waals surface area contributed by atoms with E-state index < -0.39 is 0 Å². The first-order valence-corrected chi connectivity index (χ1v) is 6.44. The highest BCUT2D eigenvalue weighted by molar-refractivity contribution is 5.65. The van der Waals surface area contributed by atoms with Crippen LogP contribution in [0.2, 0.25) is 0 Å². The zero-order valence-corrected chi connectivity index (χ0v) is 9.96. The van der Waals surface area contributed by atoms with Crippen molar-refractivity contribution in [2.24, 2.45) is 0 Å². The summed E-state index contributed by atoms with van der Waals surface area (Å²) >= 11 is 0. The molecule has 0 aromatic heterocycles. The molecule has 2 fully saturated rings. The molecule has 1 saturated heterocycles. The number of benzene rings is 1. The molecule has 1 aromatic rings. The van der Waals surface area contributed by atoms with E-state index in [9.17, 15) is 0 Å². The Labute approximate surface area is 102 Å². The van der Waals surface area contributed by atoms with Gasteiger partial charge in [-0.3, -0.25) is 0 Å². The second kappa shape index (κ2) is 2.94. The molecule has 4 rings (SSSR count). The fourth-order valence-electron chi connectivity index (χ4n) is 4.04.